The molecule has 0 aliphatic rings. The highest BCUT2D eigenvalue weighted by atomic mass is 127. The molecule has 0 fully saturated rings. The van der Waals surface area contributed by atoms with Gasteiger partial charge in [0.25, 0.3) is 0 Å². The molecule has 3 N–H and O–H groups in total. The van der Waals surface area contributed by atoms with E-state index in [0.29, 0.717) is 13.0 Å². The van der Waals surface area contributed by atoms with Gasteiger partial charge in [-0.15, -0.1) is 0 Å². The standard InChI is InChI=1S/C15H15IN2O/c16-13-7-3-4-8-14(13)18-15(19)9-11-5-1-2-6-12(11)10-17/h1-8H,9-10,17H2,(H,18,19). The number of rotatable bonds is 4. The predicted octanol–water partition coefficient (Wildman–Crippen LogP) is 2.93. The number of carbonyl (C=O) groups excluding carboxylic acids is 1. The van der Waals surface area contributed by atoms with Crippen molar-refractivity contribution in [3.8, 4) is 0 Å². The molecule has 98 valence electrons. The van der Waals surface area contributed by atoms with Crippen molar-refractivity contribution >= 4 is 34.2 Å². The van der Waals surface area contributed by atoms with Crippen molar-refractivity contribution in [3.63, 3.8) is 0 Å². The normalized spacial score (nSPS) is 10.2. The minimum absolute atomic E-state index is 0.0231. The molecule has 2 aromatic rings. The van der Waals surface area contributed by atoms with E-state index >= 15 is 0 Å². The Balaban J connectivity index is 2.08. The molecule has 0 radical (unpaired) electrons. The summed E-state index contributed by atoms with van der Waals surface area (Å²) in [5, 5.41) is 2.92. The summed E-state index contributed by atoms with van der Waals surface area (Å²) >= 11 is 2.20. The van der Waals surface area contributed by atoms with Crippen molar-refractivity contribution < 1.29 is 4.79 Å². The van der Waals surface area contributed by atoms with E-state index in [-0.39, 0.29) is 5.91 Å². The van der Waals surface area contributed by atoms with Crippen LogP contribution < -0.4 is 11.1 Å². The highest BCUT2D eigenvalue weighted by Crippen LogP contribution is 2.17. The zero-order chi connectivity index (χ0) is 13.7. The number of carbonyl (C=O) groups is 1. The van der Waals surface area contributed by atoms with Crippen molar-refractivity contribution in [3.05, 3.63) is 63.2 Å². The number of anilines is 1. The fourth-order valence-corrected chi connectivity index (χ4v) is 2.38. The van der Waals surface area contributed by atoms with Gasteiger partial charge in [0.1, 0.15) is 0 Å². The molecule has 0 heterocycles. The summed E-state index contributed by atoms with van der Waals surface area (Å²) in [5.41, 5.74) is 8.51. The largest absolute Gasteiger partial charge is 0.326 e. The van der Waals surface area contributed by atoms with E-state index < -0.39 is 0 Å². The van der Waals surface area contributed by atoms with E-state index in [4.69, 9.17) is 5.73 Å². The second kappa shape index (κ2) is 6.68. The first-order valence-electron chi connectivity index (χ1n) is 6.02. The van der Waals surface area contributed by atoms with Crippen molar-refractivity contribution in [2.24, 2.45) is 5.73 Å². The van der Waals surface area contributed by atoms with Gasteiger partial charge in [-0.05, 0) is 45.9 Å². The fraction of sp³-hybridized carbons (Fsp3) is 0.133. The summed E-state index contributed by atoms with van der Waals surface area (Å²) < 4.78 is 1.03. The number of hydrogen-bond acceptors (Lipinski definition) is 2. The van der Waals surface area contributed by atoms with Crippen molar-refractivity contribution in [2.75, 3.05) is 5.32 Å². The predicted molar refractivity (Wildman–Crippen MR) is 85.8 cm³/mol. The van der Waals surface area contributed by atoms with Crippen LogP contribution in [0.4, 0.5) is 5.69 Å². The number of amides is 1. The van der Waals surface area contributed by atoms with Gasteiger partial charge >= 0.3 is 0 Å². The zero-order valence-corrected chi connectivity index (χ0v) is 12.6. The number of nitrogens with one attached hydrogen (secondary N) is 1. The summed E-state index contributed by atoms with van der Waals surface area (Å²) in [6.45, 7) is 0.451. The van der Waals surface area contributed by atoms with Gasteiger partial charge < -0.3 is 11.1 Å². The Bertz CT molecular complexity index is 584. The summed E-state index contributed by atoms with van der Waals surface area (Å²) in [7, 11) is 0. The smallest absolute Gasteiger partial charge is 0.228 e. The minimum atomic E-state index is -0.0231. The van der Waals surface area contributed by atoms with E-state index in [2.05, 4.69) is 27.9 Å². The van der Waals surface area contributed by atoms with Crippen molar-refractivity contribution in [1.29, 1.82) is 0 Å². The Kier molecular flexibility index (Phi) is 4.93. The van der Waals surface area contributed by atoms with Crippen LogP contribution in [0.3, 0.4) is 0 Å². The molecule has 0 aliphatic carbocycles. The van der Waals surface area contributed by atoms with Gasteiger partial charge in [0.2, 0.25) is 5.91 Å². The molecule has 0 aromatic heterocycles. The number of para-hydroxylation sites is 1. The molecular weight excluding hydrogens is 351 g/mol. The number of hydrogen-bond donors (Lipinski definition) is 2. The van der Waals surface area contributed by atoms with Crippen LogP contribution in [-0.4, -0.2) is 5.91 Å². The average molecular weight is 366 g/mol. The Morgan fingerprint density at radius 3 is 2.37 bits per heavy atom. The zero-order valence-electron chi connectivity index (χ0n) is 10.4. The van der Waals surface area contributed by atoms with Crippen LogP contribution in [-0.2, 0) is 17.8 Å². The van der Waals surface area contributed by atoms with Crippen LogP contribution in [0.1, 0.15) is 11.1 Å². The molecule has 3 nitrogen and oxygen atoms in total. The maximum absolute atomic E-state index is 12.0. The summed E-state index contributed by atoms with van der Waals surface area (Å²) in [6.07, 6.45) is 0.346. The molecule has 19 heavy (non-hydrogen) atoms. The molecule has 2 aromatic carbocycles. The molecule has 0 bridgehead atoms. The van der Waals surface area contributed by atoms with E-state index in [1.165, 1.54) is 0 Å². The highest BCUT2D eigenvalue weighted by molar-refractivity contribution is 14.1. The van der Waals surface area contributed by atoms with Gasteiger partial charge in [-0.3, -0.25) is 4.79 Å². The monoisotopic (exact) mass is 366 g/mol. The van der Waals surface area contributed by atoms with Gasteiger partial charge in [-0.1, -0.05) is 36.4 Å². The highest BCUT2D eigenvalue weighted by Gasteiger charge is 2.08. The van der Waals surface area contributed by atoms with E-state index in [1.54, 1.807) is 0 Å². The Labute approximate surface area is 126 Å². The van der Waals surface area contributed by atoms with Crippen LogP contribution in [0.25, 0.3) is 0 Å². The number of benzene rings is 2. The maximum atomic E-state index is 12.0. The molecule has 0 unspecified atom stereocenters. The Hall–Kier alpha value is -1.40. The van der Waals surface area contributed by atoms with Crippen LogP contribution in [0.15, 0.2) is 48.5 Å². The lowest BCUT2D eigenvalue weighted by atomic mass is 10.0. The summed E-state index contributed by atoms with van der Waals surface area (Å²) in [5.74, 6) is -0.0231. The van der Waals surface area contributed by atoms with E-state index in [1.807, 2.05) is 48.5 Å². The minimum Gasteiger partial charge on any atom is -0.326 e. The topological polar surface area (TPSA) is 55.1 Å². The van der Waals surface area contributed by atoms with Crippen molar-refractivity contribution in [1.82, 2.24) is 0 Å². The van der Waals surface area contributed by atoms with Crippen LogP contribution in [0, 0.1) is 3.57 Å². The first-order chi connectivity index (χ1) is 9.20. The van der Waals surface area contributed by atoms with Gasteiger partial charge in [0, 0.05) is 10.1 Å². The molecule has 0 atom stereocenters. The SMILES string of the molecule is NCc1ccccc1CC(=O)Nc1ccccc1I. The van der Waals surface area contributed by atoms with E-state index in [9.17, 15) is 4.79 Å². The molecule has 4 heteroatoms. The Morgan fingerprint density at radius 2 is 1.68 bits per heavy atom. The molecule has 2 rings (SSSR count). The van der Waals surface area contributed by atoms with E-state index in [0.717, 1.165) is 20.4 Å². The van der Waals surface area contributed by atoms with Gasteiger partial charge in [0.05, 0.1) is 12.1 Å². The first kappa shape index (κ1) is 14.0. The fourth-order valence-electron chi connectivity index (χ4n) is 1.86. The average Bonchev–Trinajstić information content (AvgIpc) is 2.42. The molecule has 0 aliphatic heterocycles. The third-order valence-electron chi connectivity index (χ3n) is 2.84. The quantitative estimate of drug-likeness (QED) is 0.818. The summed E-state index contributed by atoms with van der Waals surface area (Å²) in [4.78, 5) is 12.0. The van der Waals surface area contributed by atoms with Gasteiger partial charge in [-0.25, -0.2) is 0 Å². The number of halogens is 1. The van der Waals surface area contributed by atoms with Crippen LogP contribution in [0.2, 0.25) is 0 Å². The molecule has 0 spiro atoms. The Morgan fingerprint density at radius 1 is 1.05 bits per heavy atom. The second-order valence-corrected chi connectivity index (χ2v) is 5.34. The van der Waals surface area contributed by atoms with Crippen LogP contribution >= 0.6 is 22.6 Å². The maximum Gasteiger partial charge on any atom is 0.228 e. The summed E-state index contributed by atoms with van der Waals surface area (Å²) in [6, 6.07) is 15.5. The third-order valence-corrected chi connectivity index (χ3v) is 3.78. The lowest BCUT2D eigenvalue weighted by Crippen LogP contribution is -2.16. The van der Waals surface area contributed by atoms with Gasteiger partial charge in [-0.2, -0.15) is 0 Å². The lowest BCUT2D eigenvalue weighted by Gasteiger charge is -2.09. The number of nitrogens with two attached hydrogens (primary N) is 1. The van der Waals surface area contributed by atoms with Gasteiger partial charge in [0.15, 0.2) is 0 Å². The van der Waals surface area contributed by atoms with Crippen LogP contribution in [0.5, 0.6) is 0 Å². The van der Waals surface area contributed by atoms with Crippen molar-refractivity contribution in [2.45, 2.75) is 13.0 Å². The molecule has 0 saturated heterocycles. The molecule has 1 amide bonds. The molecule has 0 saturated carbocycles. The lowest BCUT2D eigenvalue weighted by molar-refractivity contribution is -0.115. The molecular formula is C15H15IN2O. The third kappa shape index (κ3) is 3.78. The second-order valence-electron chi connectivity index (χ2n) is 4.18. The first-order valence-corrected chi connectivity index (χ1v) is 7.10.